The van der Waals surface area contributed by atoms with Crippen LogP contribution in [0.3, 0.4) is 0 Å². The van der Waals surface area contributed by atoms with Gasteiger partial charge in [0.1, 0.15) is 28.3 Å². The molecule has 0 spiro atoms. The number of benzene rings is 2. The maximum absolute atomic E-state index is 13.6. The summed E-state index contributed by atoms with van der Waals surface area (Å²) in [5.74, 6) is -2.55. The van der Waals surface area contributed by atoms with Crippen molar-refractivity contribution >= 4 is 61.8 Å². The molecule has 1 saturated carbocycles. The van der Waals surface area contributed by atoms with Crippen molar-refractivity contribution in [1.82, 2.24) is 4.57 Å². The Labute approximate surface area is 302 Å². The monoisotopic (exact) mass is 769 g/mol. The molecule has 2 aromatic carbocycles. The van der Waals surface area contributed by atoms with Crippen LogP contribution in [0.2, 0.25) is 10.0 Å². The Morgan fingerprint density at radius 1 is 1.06 bits per heavy atom. The summed E-state index contributed by atoms with van der Waals surface area (Å²) in [5, 5.41) is 12.4. The van der Waals surface area contributed by atoms with Gasteiger partial charge in [0, 0.05) is 23.6 Å². The number of carbonyl (C=O) groups is 2. The van der Waals surface area contributed by atoms with Crippen LogP contribution in [-0.2, 0) is 42.1 Å². The first-order chi connectivity index (χ1) is 24.0. The van der Waals surface area contributed by atoms with E-state index in [-0.39, 0.29) is 51.7 Å². The van der Waals surface area contributed by atoms with Gasteiger partial charge in [0.05, 0.1) is 17.8 Å². The van der Waals surface area contributed by atoms with Crippen LogP contribution in [-0.4, -0.2) is 49.5 Å². The van der Waals surface area contributed by atoms with E-state index in [0.29, 0.717) is 21.2 Å². The van der Waals surface area contributed by atoms with E-state index in [4.69, 9.17) is 37.4 Å². The van der Waals surface area contributed by atoms with Gasteiger partial charge < -0.3 is 28.7 Å². The van der Waals surface area contributed by atoms with E-state index >= 15 is 0 Å². The number of rotatable bonds is 15. The van der Waals surface area contributed by atoms with Crippen molar-refractivity contribution in [2.45, 2.75) is 64.9 Å². The molecule has 2 heterocycles. The van der Waals surface area contributed by atoms with Crippen LogP contribution in [0.25, 0.3) is 10.9 Å². The third-order valence-corrected chi connectivity index (χ3v) is 9.33. The van der Waals surface area contributed by atoms with E-state index in [1.165, 1.54) is 29.0 Å². The molecule has 0 aliphatic heterocycles. The number of nitrogens with zero attached hydrogens (tertiary/aromatic N) is 2. The number of carbonyl (C=O) groups excluding carboxylic acids is 2. The van der Waals surface area contributed by atoms with Crippen LogP contribution in [0, 0.1) is 11.1 Å². The lowest BCUT2D eigenvalue weighted by Gasteiger charge is -2.21. The van der Waals surface area contributed by atoms with Gasteiger partial charge in [0.25, 0.3) is 0 Å². The molecule has 1 N–H and O–H groups in total. The average Bonchev–Trinajstić information content (AvgIpc) is 3.78. The normalized spacial score (nSPS) is 14.0. The lowest BCUT2D eigenvalue weighted by molar-refractivity contribution is -0.605. The number of ether oxygens (including phenoxy) is 4. The summed E-state index contributed by atoms with van der Waals surface area (Å²) >= 11 is 12.7. The largest absolute Gasteiger partial charge is 0.619 e. The standard InChI is InChI=1S/C34H35Cl2F2N3O9S/c1-34(2,3)50-32(43)19-51(45,46)39-26-16-40(27-7-5-4-6-22(26)27)17-31(42)48-29(13-23-24(35)14-41(44)15-25(23)36)21-10-11-28(49-33(37)38)30(12-21)47-18-20-8-9-20/h4-7,10-12,14-16,20,29,33,39H,8-9,13,17-19H2,1-3H3/t29-/m0/s1. The molecule has 0 amide bonds. The Morgan fingerprint density at radius 2 is 1.75 bits per heavy atom. The molecule has 17 heteroatoms. The first-order valence-electron chi connectivity index (χ1n) is 15.7. The number of anilines is 1. The predicted octanol–water partition coefficient (Wildman–Crippen LogP) is 6.58. The third kappa shape index (κ3) is 10.6. The molecule has 0 unspecified atom stereocenters. The zero-order valence-electron chi connectivity index (χ0n) is 27.7. The molecule has 0 radical (unpaired) electrons. The maximum Gasteiger partial charge on any atom is 0.387 e. The molecule has 1 atom stereocenters. The molecule has 5 rings (SSSR count). The molecular formula is C34H35Cl2F2N3O9S. The number of hydrogen-bond acceptors (Lipinski definition) is 9. The van der Waals surface area contributed by atoms with E-state index < -0.39 is 52.6 Å². The first kappa shape index (κ1) is 37.9. The molecule has 0 saturated heterocycles. The molecule has 0 bridgehead atoms. The fraction of sp³-hybridized carbons (Fsp3) is 0.382. The Balaban J connectivity index is 1.43. The van der Waals surface area contributed by atoms with Crippen molar-refractivity contribution in [3.8, 4) is 11.5 Å². The maximum atomic E-state index is 13.6. The first-order valence-corrected chi connectivity index (χ1v) is 18.1. The number of aromatic nitrogens is 2. The Morgan fingerprint density at radius 3 is 2.39 bits per heavy atom. The van der Waals surface area contributed by atoms with Gasteiger partial charge in [-0.05, 0) is 63.3 Å². The molecule has 12 nitrogen and oxygen atoms in total. The van der Waals surface area contributed by atoms with Crippen molar-refractivity contribution < 1.29 is 50.5 Å². The predicted molar refractivity (Wildman–Crippen MR) is 184 cm³/mol. The number of para-hydroxylation sites is 1. The molecule has 274 valence electrons. The Bertz CT molecular complexity index is 2010. The zero-order chi connectivity index (χ0) is 37.1. The van der Waals surface area contributed by atoms with Crippen molar-refractivity contribution in [3.63, 3.8) is 0 Å². The number of nitrogens with one attached hydrogen (secondary N) is 1. The van der Waals surface area contributed by atoms with Gasteiger partial charge >= 0.3 is 18.6 Å². The fourth-order valence-electron chi connectivity index (χ4n) is 5.19. The number of esters is 2. The quantitative estimate of drug-likeness (QED) is 0.0804. The summed E-state index contributed by atoms with van der Waals surface area (Å²) in [6.07, 6.45) is 4.21. The van der Waals surface area contributed by atoms with Gasteiger partial charge in [0.2, 0.25) is 10.0 Å². The number of fused-ring (bicyclic) bond motifs is 1. The van der Waals surface area contributed by atoms with Gasteiger partial charge in [-0.25, -0.2) is 8.42 Å². The van der Waals surface area contributed by atoms with Crippen LogP contribution in [0.1, 0.15) is 50.8 Å². The van der Waals surface area contributed by atoms with Gasteiger partial charge in [0.15, 0.2) is 29.6 Å². The minimum Gasteiger partial charge on any atom is -0.619 e. The van der Waals surface area contributed by atoms with E-state index in [0.717, 1.165) is 25.2 Å². The van der Waals surface area contributed by atoms with Gasteiger partial charge in [-0.2, -0.15) is 13.5 Å². The van der Waals surface area contributed by atoms with Crippen molar-refractivity contribution in [2.75, 3.05) is 17.1 Å². The summed E-state index contributed by atoms with van der Waals surface area (Å²) in [6, 6.07) is 10.8. The summed E-state index contributed by atoms with van der Waals surface area (Å²) < 4.78 is 78.1. The van der Waals surface area contributed by atoms with E-state index in [9.17, 15) is 32.0 Å². The van der Waals surface area contributed by atoms with E-state index in [1.807, 2.05) is 0 Å². The average molecular weight is 771 g/mol. The number of hydrogen-bond donors (Lipinski definition) is 1. The third-order valence-electron chi connectivity index (χ3n) is 7.53. The highest BCUT2D eigenvalue weighted by Gasteiger charge is 2.28. The van der Waals surface area contributed by atoms with Crippen LogP contribution >= 0.6 is 23.2 Å². The van der Waals surface area contributed by atoms with Crippen molar-refractivity contribution in [1.29, 1.82) is 0 Å². The van der Waals surface area contributed by atoms with Gasteiger partial charge in [-0.3, -0.25) is 14.3 Å². The molecule has 2 aromatic heterocycles. The summed E-state index contributed by atoms with van der Waals surface area (Å²) in [4.78, 5) is 25.9. The van der Waals surface area contributed by atoms with Crippen LogP contribution < -0.4 is 18.9 Å². The van der Waals surface area contributed by atoms with Crippen molar-refractivity contribution in [3.05, 3.63) is 87.4 Å². The lowest BCUT2D eigenvalue weighted by Crippen LogP contribution is -2.30. The molecule has 4 aromatic rings. The number of sulfonamides is 1. The topological polar surface area (TPSA) is 149 Å². The molecular weight excluding hydrogens is 735 g/mol. The zero-order valence-corrected chi connectivity index (χ0v) is 30.1. The van der Waals surface area contributed by atoms with Gasteiger partial charge in [-0.1, -0.05) is 47.5 Å². The number of halogens is 4. The highest BCUT2D eigenvalue weighted by Crippen LogP contribution is 2.38. The van der Waals surface area contributed by atoms with Crippen LogP contribution in [0.4, 0.5) is 14.5 Å². The summed E-state index contributed by atoms with van der Waals surface area (Å²) in [5.41, 5.74) is 0.307. The second kappa shape index (κ2) is 15.5. The van der Waals surface area contributed by atoms with Crippen LogP contribution in [0.15, 0.2) is 61.1 Å². The smallest absolute Gasteiger partial charge is 0.387 e. The fourth-order valence-corrected chi connectivity index (χ4v) is 6.72. The van der Waals surface area contributed by atoms with Crippen molar-refractivity contribution in [2.24, 2.45) is 5.92 Å². The van der Waals surface area contributed by atoms with E-state index in [1.54, 1.807) is 45.0 Å². The molecule has 1 aliphatic carbocycles. The lowest BCUT2D eigenvalue weighted by atomic mass is 10.0. The minimum atomic E-state index is -4.21. The Hall–Kier alpha value is -4.34. The SMILES string of the molecule is CC(C)(C)OC(=O)CS(=O)(=O)Nc1cn(CC(=O)O[C@@H](Cc2c(Cl)c[n+]([O-])cc2Cl)c2ccc(OC(F)F)c(OCC3CC3)c2)c2ccccc12. The number of pyridine rings is 1. The second-order valence-electron chi connectivity index (χ2n) is 12.9. The number of alkyl halides is 2. The van der Waals surface area contributed by atoms with Crippen LogP contribution in [0.5, 0.6) is 11.5 Å². The summed E-state index contributed by atoms with van der Waals surface area (Å²) in [6.45, 7) is 1.61. The highest BCUT2D eigenvalue weighted by atomic mass is 35.5. The molecule has 51 heavy (non-hydrogen) atoms. The Kier molecular flexibility index (Phi) is 11.5. The molecule has 1 aliphatic rings. The van der Waals surface area contributed by atoms with Gasteiger partial charge in [-0.15, -0.1) is 0 Å². The molecule has 1 fully saturated rings. The second-order valence-corrected chi connectivity index (χ2v) is 15.5. The van der Waals surface area contributed by atoms with E-state index in [2.05, 4.69) is 9.46 Å². The highest BCUT2D eigenvalue weighted by molar-refractivity contribution is 7.93. The summed E-state index contributed by atoms with van der Waals surface area (Å²) in [7, 11) is -4.21. The minimum absolute atomic E-state index is 0.00104.